The van der Waals surface area contributed by atoms with Crippen molar-refractivity contribution in [3.05, 3.63) is 12.7 Å². The van der Waals surface area contributed by atoms with Crippen LogP contribution in [-0.2, 0) is 14.3 Å². The Bertz CT molecular complexity index is 784. The molecule has 1 heterocycles. The summed E-state index contributed by atoms with van der Waals surface area (Å²) in [5.74, 6) is 1.97. The van der Waals surface area contributed by atoms with Crippen molar-refractivity contribution < 1.29 is 19.4 Å². The third-order valence-electron chi connectivity index (χ3n) is 9.90. The molecule has 5 nitrogen and oxygen atoms in total. The topological polar surface area (TPSA) is 75.6 Å². The van der Waals surface area contributed by atoms with Crippen LogP contribution in [0.3, 0.4) is 0 Å². The minimum Gasteiger partial charge on any atom is -0.461 e. The molecule has 0 aromatic rings. The molecule has 0 aromatic carbocycles. The van der Waals surface area contributed by atoms with Crippen LogP contribution in [0.25, 0.3) is 0 Å². The van der Waals surface area contributed by atoms with Gasteiger partial charge in [-0.25, -0.2) is 0 Å². The number of hydrogen-bond acceptors (Lipinski definition) is 6. The molecule has 0 radical (unpaired) electrons. The number of nitrogens with one attached hydrogen (secondary N) is 1. The van der Waals surface area contributed by atoms with Crippen molar-refractivity contribution in [2.24, 2.45) is 39.9 Å². The Morgan fingerprint density at radius 3 is 2.64 bits per heavy atom. The molecule has 0 amide bonds. The van der Waals surface area contributed by atoms with Gasteiger partial charge in [0.2, 0.25) is 0 Å². The summed E-state index contributed by atoms with van der Waals surface area (Å²) in [4.78, 5) is 26.5. The van der Waals surface area contributed by atoms with Gasteiger partial charge in [-0.1, -0.05) is 40.2 Å². The molecule has 4 aliphatic rings. The number of rotatable bonds is 6. The van der Waals surface area contributed by atoms with Crippen LogP contribution in [0.5, 0.6) is 0 Å². The van der Waals surface area contributed by atoms with E-state index in [1.807, 2.05) is 6.08 Å². The minimum atomic E-state index is -0.575. The Balaban J connectivity index is 1.66. The third kappa shape index (κ3) is 4.23. The summed E-state index contributed by atoms with van der Waals surface area (Å²) < 4.78 is 6.33. The second-order valence-electron chi connectivity index (χ2n) is 12.1. The van der Waals surface area contributed by atoms with Gasteiger partial charge >= 0.3 is 5.97 Å². The van der Waals surface area contributed by atoms with E-state index >= 15 is 0 Å². The quantitative estimate of drug-likeness (QED) is 0.440. The zero-order valence-corrected chi connectivity index (χ0v) is 21.7. The highest BCUT2D eigenvalue weighted by atomic mass is 32.2. The van der Waals surface area contributed by atoms with Crippen molar-refractivity contribution in [3.63, 3.8) is 0 Å². The van der Waals surface area contributed by atoms with E-state index in [1.54, 1.807) is 11.8 Å². The van der Waals surface area contributed by atoms with Gasteiger partial charge in [-0.3, -0.25) is 9.59 Å². The SMILES string of the molecule is C=C[C@]1(C)C[C@H](C)[C@@H](OC(=O)CSCC2CNC2)[C@]2(C)CCC[C@@]3(CCC(=O)[C@@H]23)[C@@H](C)[C@@H]1O. The zero-order chi connectivity index (χ0) is 24.0. The fourth-order valence-electron chi connectivity index (χ4n) is 8.09. The lowest BCUT2D eigenvalue weighted by Gasteiger charge is -2.55. The van der Waals surface area contributed by atoms with Crippen LogP contribution >= 0.6 is 11.8 Å². The van der Waals surface area contributed by atoms with Gasteiger partial charge in [0.25, 0.3) is 0 Å². The van der Waals surface area contributed by atoms with Gasteiger partial charge in [-0.2, -0.15) is 0 Å². The summed E-state index contributed by atoms with van der Waals surface area (Å²) in [5, 5.41) is 14.9. The number of aliphatic hydroxyl groups excluding tert-OH is 1. The smallest absolute Gasteiger partial charge is 0.316 e. The maximum atomic E-state index is 13.5. The van der Waals surface area contributed by atoms with Gasteiger partial charge < -0.3 is 15.2 Å². The first-order valence-electron chi connectivity index (χ1n) is 12.9. The molecular formula is C27H43NO4S. The maximum absolute atomic E-state index is 13.5. The Labute approximate surface area is 203 Å². The number of esters is 1. The van der Waals surface area contributed by atoms with Crippen LogP contribution in [0.15, 0.2) is 12.7 Å². The predicted octanol–water partition coefficient (Wildman–Crippen LogP) is 4.24. The lowest BCUT2D eigenvalue weighted by Crippen LogP contribution is -2.56. The highest BCUT2D eigenvalue weighted by Crippen LogP contribution is 2.66. The fraction of sp³-hybridized carbons (Fsp3) is 0.852. The molecule has 3 aliphatic carbocycles. The van der Waals surface area contributed by atoms with Crippen LogP contribution in [0.2, 0.25) is 0 Å². The molecule has 8 atom stereocenters. The summed E-state index contributed by atoms with van der Waals surface area (Å²) in [6.45, 7) is 14.7. The average molecular weight is 478 g/mol. The highest BCUT2D eigenvalue weighted by molar-refractivity contribution is 7.99. The molecule has 33 heavy (non-hydrogen) atoms. The van der Waals surface area contributed by atoms with Crippen molar-refractivity contribution in [3.8, 4) is 0 Å². The molecule has 6 heteroatoms. The van der Waals surface area contributed by atoms with E-state index in [4.69, 9.17) is 4.74 Å². The Hall–Kier alpha value is -0.850. The van der Waals surface area contributed by atoms with Gasteiger partial charge in [0.05, 0.1) is 11.9 Å². The van der Waals surface area contributed by atoms with Crippen LogP contribution in [0, 0.1) is 39.9 Å². The van der Waals surface area contributed by atoms with E-state index in [0.29, 0.717) is 30.3 Å². The fourth-order valence-corrected chi connectivity index (χ4v) is 9.01. The van der Waals surface area contributed by atoms with E-state index in [-0.39, 0.29) is 35.2 Å². The van der Waals surface area contributed by atoms with Gasteiger partial charge in [-0.15, -0.1) is 18.3 Å². The molecule has 4 fully saturated rings. The number of carbonyl (C=O) groups excluding carboxylic acids is 2. The molecule has 0 aromatic heterocycles. The van der Waals surface area contributed by atoms with Crippen molar-refractivity contribution in [2.75, 3.05) is 24.6 Å². The molecule has 0 spiro atoms. The summed E-state index contributed by atoms with van der Waals surface area (Å²) in [6.07, 6.45) is 5.94. The monoisotopic (exact) mass is 477 g/mol. The molecule has 1 saturated heterocycles. The van der Waals surface area contributed by atoms with Gasteiger partial charge in [0, 0.05) is 23.2 Å². The first kappa shape index (κ1) is 25.2. The number of carbonyl (C=O) groups is 2. The summed E-state index contributed by atoms with van der Waals surface area (Å²) >= 11 is 1.66. The van der Waals surface area contributed by atoms with E-state index < -0.39 is 16.9 Å². The minimum absolute atomic E-state index is 0.00938. The molecule has 186 valence electrons. The Morgan fingerprint density at radius 1 is 1.27 bits per heavy atom. The molecule has 2 N–H and O–H groups in total. The largest absolute Gasteiger partial charge is 0.461 e. The van der Waals surface area contributed by atoms with Crippen LogP contribution in [-0.4, -0.2) is 53.7 Å². The van der Waals surface area contributed by atoms with E-state index in [0.717, 1.165) is 44.5 Å². The molecule has 4 rings (SSSR count). The van der Waals surface area contributed by atoms with Crippen molar-refractivity contribution in [1.29, 1.82) is 0 Å². The lowest BCUT2D eigenvalue weighted by molar-refractivity contribution is -0.176. The van der Waals surface area contributed by atoms with Gasteiger partial charge in [0.1, 0.15) is 11.9 Å². The van der Waals surface area contributed by atoms with Gasteiger partial charge in [-0.05, 0) is 67.7 Å². The standard InChI is InChI=1S/C27H43NO4S/c1-6-25(4)12-17(2)24(32-21(30)16-33-15-19-13-28-14-19)26(5)9-7-10-27(18(3)23(25)31)11-8-20(29)22(26)27/h6,17-19,22-24,28,31H,1,7-16H2,2-5H3/t17-,18-,22-,23-,24+,25+,26+,27+/m0/s1. The number of ether oxygens (including phenoxy) is 1. The average Bonchev–Trinajstić information content (AvgIpc) is 3.11. The summed E-state index contributed by atoms with van der Waals surface area (Å²) in [5.41, 5.74) is -1.12. The number of ketones is 1. The first-order chi connectivity index (χ1) is 15.6. The zero-order valence-electron chi connectivity index (χ0n) is 20.9. The third-order valence-corrected chi connectivity index (χ3v) is 11.0. The van der Waals surface area contributed by atoms with E-state index in [1.165, 1.54) is 0 Å². The second kappa shape index (κ2) is 9.31. The van der Waals surface area contributed by atoms with Crippen molar-refractivity contribution in [2.45, 2.75) is 78.4 Å². The van der Waals surface area contributed by atoms with E-state index in [9.17, 15) is 14.7 Å². The van der Waals surface area contributed by atoms with Gasteiger partial charge in [0.15, 0.2) is 0 Å². The molecule has 3 saturated carbocycles. The number of hydrogen-bond donors (Lipinski definition) is 2. The first-order valence-corrected chi connectivity index (χ1v) is 14.1. The lowest BCUT2D eigenvalue weighted by atomic mass is 9.50. The molecule has 2 bridgehead atoms. The van der Waals surface area contributed by atoms with Crippen LogP contribution in [0.4, 0.5) is 0 Å². The van der Waals surface area contributed by atoms with Crippen molar-refractivity contribution >= 4 is 23.5 Å². The maximum Gasteiger partial charge on any atom is 0.316 e. The van der Waals surface area contributed by atoms with Crippen LogP contribution < -0.4 is 5.32 Å². The van der Waals surface area contributed by atoms with Crippen LogP contribution in [0.1, 0.15) is 66.2 Å². The summed E-state index contributed by atoms with van der Waals surface area (Å²) in [6, 6.07) is 0. The Kier molecular flexibility index (Phi) is 7.12. The second-order valence-corrected chi connectivity index (χ2v) is 13.1. The Morgan fingerprint density at radius 2 is 2.00 bits per heavy atom. The van der Waals surface area contributed by atoms with Crippen molar-refractivity contribution in [1.82, 2.24) is 5.32 Å². The molecule has 1 aliphatic heterocycles. The number of thioether (sulfide) groups is 1. The summed E-state index contributed by atoms with van der Waals surface area (Å²) in [7, 11) is 0. The highest BCUT2D eigenvalue weighted by Gasteiger charge is 2.66. The number of Topliss-reactive ketones (excluding diaryl/α,β-unsaturated/α-hetero) is 1. The van der Waals surface area contributed by atoms with E-state index in [2.05, 4.69) is 39.6 Å². The number of aliphatic hydroxyl groups is 1. The molecule has 0 unspecified atom stereocenters. The normalized spacial score (nSPS) is 45.8. The predicted molar refractivity (Wildman–Crippen MR) is 133 cm³/mol. The molecular weight excluding hydrogens is 434 g/mol.